The summed E-state index contributed by atoms with van der Waals surface area (Å²) in [4.78, 5) is 11.1. The minimum atomic E-state index is -1.27. The summed E-state index contributed by atoms with van der Waals surface area (Å²) in [5.74, 6) is 1.29. The number of carbonyl (C=O) groups is 1. The van der Waals surface area contributed by atoms with Crippen molar-refractivity contribution in [3.05, 3.63) is 23.3 Å². The third kappa shape index (κ3) is 3.13. The van der Waals surface area contributed by atoms with Crippen LogP contribution in [0.2, 0.25) is 13.1 Å². The van der Waals surface area contributed by atoms with Crippen LogP contribution in [-0.4, -0.2) is 22.4 Å². The average molecular weight is 266 g/mol. The monoisotopic (exact) mass is 266 g/mol. The van der Waals surface area contributed by atoms with Gasteiger partial charge < -0.3 is 9.16 Å². The fourth-order valence-corrected chi connectivity index (χ4v) is 2.53. The maximum Gasteiger partial charge on any atom is 0.229 e. The van der Waals surface area contributed by atoms with Crippen molar-refractivity contribution in [3.63, 3.8) is 0 Å². The molecule has 0 unspecified atom stereocenters. The third-order valence-electron chi connectivity index (χ3n) is 2.64. The van der Waals surface area contributed by atoms with Crippen LogP contribution in [0.3, 0.4) is 0 Å². The molecular weight excluding hydrogens is 244 g/mol. The van der Waals surface area contributed by atoms with Gasteiger partial charge in [-0.2, -0.15) is 0 Å². The molecule has 0 atom stereocenters. The molecule has 0 amide bonds. The maximum atomic E-state index is 11.1. The van der Waals surface area contributed by atoms with Crippen molar-refractivity contribution in [1.29, 1.82) is 0 Å². The molecule has 4 heteroatoms. The van der Waals surface area contributed by atoms with Crippen molar-refractivity contribution in [1.82, 2.24) is 0 Å². The lowest BCUT2D eigenvalue weighted by molar-refractivity contribution is 0.112. The lowest BCUT2D eigenvalue weighted by Gasteiger charge is -2.26. The van der Waals surface area contributed by atoms with Crippen molar-refractivity contribution >= 4 is 15.3 Å². The Balaban J connectivity index is 3.48. The zero-order valence-corrected chi connectivity index (χ0v) is 13.2. The van der Waals surface area contributed by atoms with Crippen LogP contribution in [0.15, 0.2) is 12.1 Å². The molecule has 0 aromatic heterocycles. The van der Waals surface area contributed by atoms with Crippen molar-refractivity contribution in [2.75, 3.05) is 7.11 Å². The topological polar surface area (TPSA) is 35.5 Å². The Morgan fingerprint density at radius 3 is 2.17 bits per heavy atom. The summed E-state index contributed by atoms with van der Waals surface area (Å²) in [6.45, 7) is 10.6. The van der Waals surface area contributed by atoms with Crippen molar-refractivity contribution < 1.29 is 14.0 Å². The zero-order valence-electron chi connectivity index (χ0n) is 12.0. The van der Waals surface area contributed by atoms with E-state index in [2.05, 4.69) is 33.9 Å². The van der Waals surface area contributed by atoms with Crippen LogP contribution in [0.1, 0.15) is 36.7 Å². The summed E-state index contributed by atoms with van der Waals surface area (Å²) < 4.78 is 11.4. The molecule has 0 aliphatic rings. The summed E-state index contributed by atoms with van der Waals surface area (Å²) >= 11 is 0. The Labute approximate surface area is 111 Å². The van der Waals surface area contributed by atoms with E-state index >= 15 is 0 Å². The highest BCUT2D eigenvalue weighted by Gasteiger charge is 2.24. The molecule has 1 rings (SSSR count). The van der Waals surface area contributed by atoms with E-state index in [0.717, 1.165) is 17.6 Å². The van der Waals surface area contributed by atoms with Crippen molar-refractivity contribution in [2.45, 2.75) is 39.3 Å². The van der Waals surface area contributed by atoms with Gasteiger partial charge in [0.2, 0.25) is 9.04 Å². The average Bonchev–Trinajstić information content (AvgIpc) is 2.25. The first kappa shape index (κ1) is 14.8. The predicted molar refractivity (Wildman–Crippen MR) is 76.6 cm³/mol. The van der Waals surface area contributed by atoms with Crippen LogP contribution in [0, 0.1) is 0 Å². The molecule has 18 heavy (non-hydrogen) atoms. The van der Waals surface area contributed by atoms with E-state index in [4.69, 9.17) is 9.16 Å². The van der Waals surface area contributed by atoms with E-state index in [-0.39, 0.29) is 5.41 Å². The molecule has 0 heterocycles. The molecule has 1 aromatic rings. The summed E-state index contributed by atoms with van der Waals surface area (Å²) in [5.41, 5.74) is 1.56. The first-order valence-electron chi connectivity index (χ1n) is 6.14. The molecule has 3 nitrogen and oxygen atoms in total. The Bertz CT molecular complexity index is 433. The maximum absolute atomic E-state index is 11.1. The number of rotatable bonds is 4. The van der Waals surface area contributed by atoms with E-state index in [1.165, 1.54) is 0 Å². The first-order chi connectivity index (χ1) is 8.31. The largest absolute Gasteiger partial charge is 0.544 e. The number of methoxy groups -OCH3 is 1. The minimum Gasteiger partial charge on any atom is -0.544 e. The lowest BCUT2D eigenvalue weighted by atomic mass is 9.85. The van der Waals surface area contributed by atoms with Crippen LogP contribution < -0.4 is 9.16 Å². The van der Waals surface area contributed by atoms with Crippen LogP contribution in [0.4, 0.5) is 0 Å². The Morgan fingerprint density at radius 2 is 1.78 bits per heavy atom. The van der Waals surface area contributed by atoms with Gasteiger partial charge in [-0.3, -0.25) is 4.79 Å². The third-order valence-corrected chi connectivity index (χ3v) is 3.34. The van der Waals surface area contributed by atoms with Crippen LogP contribution >= 0.6 is 0 Å². The van der Waals surface area contributed by atoms with Gasteiger partial charge >= 0.3 is 0 Å². The van der Waals surface area contributed by atoms with Gasteiger partial charge in [0.05, 0.1) is 12.7 Å². The Hall–Kier alpha value is -1.29. The number of benzene rings is 1. The highest BCUT2D eigenvalue weighted by atomic mass is 28.3. The second-order valence-corrected chi connectivity index (χ2v) is 7.93. The van der Waals surface area contributed by atoms with E-state index in [9.17, 15) is 4.79 Å². The van der Waals surface area contributed by atoms with Gasteiger partial charge in [0.15, 0.2) is 17.8 Å². The first-order valence-corrected chi connectivity index (χ1v) is 8.92. The fourth-order valence-electron chi connectivity index (χ4n) is 1.82. The van der Waals surface area contributed by atoms with E-state index in [1.807, 2.05) is 6.07 Å². The Morgan fingerprint density at radius 1 is 1.17 bits per heavy atom. The van der Waals surface area contributed by atoms with Crippen molar-refractivity contribution in [3.8, 4) is 11.5 Å². The van der Waals surface area contributed by atoms with E-state index < -0.39 is 9.04 Å². The highest BCUT2D eigenvalue weighted by Crippen LogP contribution is 2.40. The summed E-state index contributed by atoms with van der Waals surface area (Å²) in [6.07, 6.45) is 0.806. The van der Waals surface area contributed by atoms with Crippen LogP contribution in [0.5, 0.6) is 11.5 Å². The fraction of sp³-hybridized carbons (Fsp3) is 0.500. The summed E-state index contributed by atoms with van der Waals surface area (Å²) in [7, 11) is 0.306. The van der Waals surface area contributed by atoms with E-state index in [1.54, 1.807) is 13.2 Å². The molecule has 0 aliphatic heterocycles. The molecule has 0 fully saturated rings. The van der Waals surface area contributed by atoms with Gasteiger partial charge in [-0.05, 0) is 24.6 Å². The highest BCUT2D eigenvalue weighted by molar-refractivity contribution is 6.49. The molecule has 0 aliphatic carbocycles. The molecular formula is C14H22O3Si. The predicted octanol–water partition coefficient (Wildman–Crippen LogP) is 3.17. The lowest BCUT2D eigenvalue weighted by Crippen LogP contribution is -2.19. The van der Waals surface area contributed by atoms with Gasteiger partial charge in [-0.25, -0.2) is 0 Å². The van der Waals surface area contributed by atoms with Gasteiger partial charge in [0.1, 0.15) is 0 Å². The second kappa shape index (κ2) is 5.57. The number of aldehydes is 1. The molecule has 0 saturated carbocycles. The molecule has 100 valence electrons. The normalized spacial score (nSPS) is 11.5. The summed E-state index contributed by atoms with van der Waals surface area (Å²) in [6, 6.07) is 3.75. The van der Waals surface area contributed by atoms with Crippen LogP contribution in [0.25, 0.3) is 0 Å². The standard InChI is InChI=1S/C14H22O3Si/c1-14(2,3)11-8-7-10(9-15)12(16-4)13(11)17-18(5)6/h7-9,18H,1-6H3. The smallest absolute Gasteiger partial charge is 0.229 e. The zero-order chi connectivity index (χ0) is 13.9. The minimum absolute atomic E-state index is 0.0483. The van der Waals surface area contributed by atoms with Gasteiger partial charge in [-0.1, -0.05) is 26.8 Å². The molecule has 0 spiro atoms. The van der Waals surface area contributed by atoms with E-state index in [0.29, 0.717) is 11.3 Å². The van der Waals surface area contributed by atoms with Gasteiger partial charge in [-0.15, -0.1) is 0 Å². The van der Waals surface area contributed by atoms with Crippen LogP contribution in [-0.2, 0) is 5.41 Å². The van der Waals surface area contributed by atoms with Gasteiger partial charge in [0, 0.05) is 5.56 Å². The quantitative estimate of drug-likeness (QED) is 0.620. The number of ether oxygens (including phenoxy) is 1. The van der Waals surface area contributed by atoms with Crippen molar-refractivity contribution in [2.24, 2.45) is 0 Å². The molecule has 0 radical (unpaired) electrons. The molecule has 1 aromatic carbocycles. The number of hydrogen-bond acceptors (Lipinski definition) is 3. The number of carbonyl (C=O) groups excluding carboxylic acids is 1. The Kier molecular flexibility index (Phi) is 4.57. The second-order valence-electron chi connectivity index (χ2n) is 5.60. The molecule has 0 bridgehead atoms. The SMILES string of the molecule is COc1c(C=O)ccc(C(C)(C)C)c1O[SiH](C)C. The molecule has 0 saturated heterocycles. The molecule has 0 N–H and O–H groups in total. The summed E-state index contributed by atoms with van der Waals surface area (Å²) in [5, 5.41) is 0. The van der Waals surface area contributed by atoms with Gasteiger partial charge in [0.25, 0.3) is 0 Å². The number of hydrogen-bond donors (Lipinski definition) is 0.